The summed E-state index contributed by atoms with van der Waals surface area (Å²) >= 11 is 0. The average Bonchev–Trinajstić information content (AvgIpc) is 3.64. The molecule has 8 nitrogen and oxygen atoms in total. The van der Waals surface area contributed by atoms with Crippen LogP contribution in [0.25, 0.3) is 28.5 Å². The number of aromatic nitrogens is 3. The molecule has 3 heterocycles. The molecule has 0 radical (unpaired) electrons. The van der Waals surface area contributed by atoms with E-state index in [-0.39, 0.29) is 11.8 Å². The van der Waals surface area contributed by atoms with Crippen molar-refractivity contribution in [1.82, 2.24) is 25.0 Å². The van der Waals surface area contributed by atoms with Gasteiger partial charge in [-0.1, -0.05) is 19.9 Å². The maximum Gasteiger partial charge on any atom is 0.256 e. The topological polar surface area (TPSA) is 95.1 Å². The fraction of sp³-hybridized carbons (Fsp3) is 0.258. The molecule has 4 aromatic rings. The number of anilines is 1. The fourth-order valence-corrected chi connectivity index (χ4v) is 5.11. The third-order valence-corrected chi connectivity index (χ3v) is 7.49. The number of benzene rings is 2. The van der Waals surface area contributed by atoms with Gasteiger partial charge in [-0.2, -0.15) is 5.10 Å². The second kappa shape index (κ2) is 11.5. The SMILES string of the molecule is CCN(CC)CCNC(=O)c1c(C)[nH]c(/C=C2\C(=O)Nc3ccc(-c4cnn(-c5ccc(F)c(F)c5)c4)cc32)c1C. The molecule has 212 valence electrons. The van der Waals surface area contributed by atoms with Gasteiger partial charge in [-0.15, -0.1) is 0 Å². The van der Waals surface area contributed by atoms with Gasteiger partial charge in [0.25, 0.3) is 11.8 Å². The van der Waals surface area contributed by atoms with Crippen molar-refractivity contribution in [1.29, 1.82) is 0 Å². The standard InChI is InChI=1S/C31H32F2N6O2/c1-5-38(6-2)12-11-34-31(41)29-18(3)28(36-19(29)4)15-24-23-13-20(7-10-27(23)37-30(24)40)21-16-35-39(17-21)22-8-9-25(32)26(33)14-22/h7-10,13-17,36H,5-6,11-12H2,1-4H3,(H,34,41)(H,37,40)/b24-15-. The minimum absolute atomic E-state index is 0.148. The highest BCUT2D eigenvalue weighted by Crippen LogP contribution is 2.37. The van der Waals surface area contributed by atoms with Crippen molar-refractivity contribution in [3.8, 4) is 16.8 Å². The Labute approximate surface area is 237 Å². The van der Waals surface area contributed by atoms with Crippen LogP contribution in [-0.2, 0) is 4.79 Å². The third kappa shape index (κ3) is 5.55. The number of H-pyrrole nitrogens is 1. The first-order chi connectivity index (χ1) is 19.7. The molecule has 2 aromatic carbocycles. The second-order valence-corrected chi connectivity index (χ2v) is 9.99. The lowest BCUT2D eigenvalue weighted by Crippen LogP contribution is -2.35. The van der Waals surface area contributed by atoms with E-state index in [1.165, 1.54) is 10.7 Å². The number of rotatable bonds is 9. The summed E-state index contributed by atoms with van der Waals surface area (Å²) in [5.74, 6) is -2.27. The van der Waals surface area contributed by atoms with Gasteiger partial charge in [0.1, 0.15) is 0 Å². The van der Waals surface area contributed by atoms with Crippen LogP contribution < -0.4 is 10.6 Å². The molecule has 1 aliphatic rings. The fourth-order valence-electron chi connectivity index (χ4n) is 5.11. The number of nitrogens with one attached hydrogen (secondary N) is 3. The van der Waals surface area contributed by atoms with E-state index in [1.54, 1.807) is 18.5 Å². The van der Waals surface area contributed by atoms with E-state index >= 15 is 0 Å². The minimum Gasteiger partial charge on any atom is -0.358 e. The van der Waals surface area contributed by atoms with Crippen LogP contribution in [0.4, 0.5) is 14.5 Å². The Morgan fingerprint density at radius 3 is 2.59 bits per heavy atom. The van der Waals surface area contributed by atoms with Crippen LogP contribution in [0.1, 0.15) is 46.7 Å². The molecule has 0 unspecified atom stereocenters. The third-order valence-electron chi connectivity index (χ3n) is 7.49. The monoisotopic (exact) mass is 558 g/mol. The molecule has 0 aliphatic carbocycles. The van der Waals surface area contributed by atoms with E-state index in [1.807, 2.05) is 32.0 Å². The zero-order valence-electron chi connectivity index (χ0n) is 23.4. The van der Waals surface area contributed by atoms with E-state index in [2.05, 4.69) is 39.5 Å². The van der Waals surface area contributed by atoms with Crippen molar-refractivity contribution in [2.75, 3.05) is 31.5 Å². The number of fused-ring (bicyclic) bond motifs is 1. The van der Waals surface area contributed by atoms with Crippen LogP contribution in [0.5, 0.6) is 0 Å². The molecule has 0 saturated carbocycles. The average molecular weight is 559 g/mol. The lowest BCUT2D eigenvalue weighted by molar-refractivity contribution is -0.110. The Bertz CT molecular complexity index is 1660. The Hall–Kier alpha value is -4.57. The highest BCUT2D eigenvalue weighted by molar-refractivity contribution is 6.35. The van der Waals surface area contributed by atoms with Gasteiger partial charge in [0.15, 0.2) is 11.6 Å². The van der Waals surface area contributed by atoms with Gasteiger partial charge in [0, 0.05) is 53.6 Å². The van der Waals surface area contributed by atoms with Crippen LogP contribution in [-0.4, -0.2) is 57.7 Å². The van der Waals surface area contributed by atoms with Gasteiger partial charge >= 0.3 is 0 Å². The molecule has 0 spiro atoms. The molecule has 1 aliphatic heterocycles. The van der Waals surface area contributed by atoms with Crippen LogP contribution in [0, 0.1) is 25.5 Å². The van der Waals surface area contributed by atoms with Crippen molar-refractivity contribution in [3.05, 3.63) is 88.5 Å². The summed E-state index contributed by atoms with van der Waals surface area (Å²) in [6.07, 6.45) is 5.11. The molecular weight excluding hydrogens is 526 g/mol. The van der Waals surface area contributed by atoms with E-state index in [4.69, 9.17) is 0 Å². The minimum atomic E-state index is -0.952. The van der Waals surface area contributed by atoms with Gasteiger partial charge in [0.05, 0.1) is 23.0 Å². The first-order valence-corrected chi connectivity index (χ1v) is 13.6. The molecule has 3 N–H and O–H groups in total. The lowest BCUT2D eigenvalue weighted by atomic mass is 10.00. The molecule has 2 aromatic heterocycles. The number of nitrogens with zero attached hydrogens (tertiary/aromatic N) is 3. The summed E-state index contributed by atoms with van der Waals surface area (Å²) in [4.78, 5) is 31.5. The summed E-state index contributed by atoms with van der Waals surface area (Å²) in [7, 11) is 0. The highest BCUT2D eigenvalue weighted by atomic mass is 19.2. The molecule has 0 fully saturated rings. The number of aryl methyl sites for hydroxylation is 1. The van der Waals surface area contributed by atoms with Crippen LogP contribution in [0.2, 0.25) is 0 Å². The quantitative estimate of drug-likeness (QED) is 0.242. The van der Waals surface area contributed by atoms with Gasteiger partial charge < -0.3 is 20.5 Å². The number of hydrogen-bond donors (Lipinski definition) is 3. The van der Waals surface area contributed by atoms with E-state index in [0.717, 1.165) is 54.2 Å². The predicted octanol–water partition coefficient (Wildman–Crippen LogP) is 5.33. The van der Waals surface area contributed by atoms with E-state index < -0.39 is 11.6 Å². The van der Waals surface area contributed by atoms with Crippen molar-refractivity contribution < 1.29 is 18.4 Å². The summed E-state index contributed by atoms with van der Waals surface area (Å²) < 4.78 is 28.5. The maximum atomic E-state index is 13.7. The molecular formula is C31H32F2N6O2. The van der Waals surface area contributed by atoms with Crippen molar-refractivity contribution in [2.45, 2.75) is 27.7 Å². The van der Waals surface area contributed by atoms with Crippen molar-refractivity contribution in [2.24, 2.45) is 0 Å². The van der Waals surface area contributed by atoms with Gasteiger partial charge in [-0.05, 0) is 68.4 Å². The lowest BCUT2D eigenvalue weighted by Gasteiger charge is -2.18. The van der Waals surface area contributed by atoms with Crippen molar-refractivity contribution in [3.63, 3.8) is 0 Å². The number of carbonyl (C=O) groups is 2. The predicted molar refractivity (Wildman–Crippen MR) is 156 cm³/mol. The molecule has 5 rings (SSSR count). The zero-order chi connectivity index (χ0) is 29.3. The second-order valence-electron chi connectivity index (χ2n) is 9.99. The van der Waals surface area contributed by atoms with Gasteiger partial charge in [0.2, 0.25) is 0 Å². The molecule has 41 heavy (non-hydrogen) atoms. The largest absolute Gasteiger partial charge is 0.358 e. The van der Waals surface area contributed by atoms with Gasteiger partial charge in [-0.3, -0.25) is 9.59 Å². The highest BCUT2D eigenvalue weighted by Gasteiger charge is 2.26. The Balaban J connectivity index is 1.41. The summed E-state index contributed by atoms with van der Waals surface area (Å²) in [5, 5.41) is 10.2. The molecule has 0 saturated heterocycles. The number of likely N-dealkylation sites (N-methyl/N-ethyl adjacent to an activating group) is 1. The first kappa shape index (κ1) is 28.0. The Morgan fingerprint density at radius 1 is 1.07 bits per heavy atom. The van der Waals surface area contributed by atoms with Crippen LogP contribution >= 0.6 is 0 Å². The Morgan fingerprint density at radius 2 is 1.85 bits per heavy atom. The number of carbonyl (C=O) groups excluding carboxylic acids is 2. The number of amides is 2. The molecule has 10 heteroatoms. The summed E-state index contributed by atoms with van der Waals surface area (Å²) in [5.41, 5.74) is 6.54. The first-order valence-electron chi connectivity index (χ1n) is 13.6. The van der Waals surface area contributed by atoms with E-state index in [9.17, 15) is 18.4 Å². The molecule has 0 atom stereocenters. The maximum absolute atomic E-state index is 13.7. The van der Waals surface area contributed by atoms with Crippen LogP contribution in [0.3, 0.4) is 0 Å². The molecule has 2 amide bonds. The van der Waals surface area contributed by atoms with Crippen LogP contribution in [0.15, 0.2) is 48.8 Å². The summed E-state index contributed by atoms with van der Waals surface area (Å²) in [6.45, 7) is 11.1. The number of hydrogen-bond acceptors (Lipinski definition) is 4. The number of halogens is 2. The van der Waals surface area contributed by atoms with Gasteiger partial charge in [-0.25, -0.2) is 13.5 Å². The normalized spacial score (nSPS) is 13.6. The summed E-state index contributed by atoms with van der Waals surface area (Å²) in [6, 6.07) is 9.15. The van der Waals surface area contributed by atoms with E-state index in [0.29, 0.717) is 40.3 Å². The smallest absolute Gasteiger partial charge is 0.256 e. The Kier molecular flexibility index (Phi) is 7.85. The molecule has 0 bridgehead atoms. The zero-order valence-corrected chi connectivity index (χ0v) is 23.4. The van der Waals surface area contributed by atoms with Crippen molar-refractivity contribution >= 4 is 29.2 Å². The number of aromatic amines is 1.